The van der Waals surface area contributed by atoms with E-state index < -0.39 is 0 Å². The Morgan fingerprint density at radius 2 is 1.54 bits per heavy atom. The summed E-state index contributed by atoms with van der Waals surface area (Å²) in [5, 5.41) is 3.37. The lowest BCUT2D eigenvalue weighted by Crippen LogP contribution is -2.43. The van der Waals surface area contributed by atoms with Gasteiger partial charge in [0.25, 0.3) is 0 Å². The van der Waals surface area contributed by atoms with Crippen LogP contribution in [0.4, 0.5) is 5.82 Å². The molecule has 0 saturated carbocycles. The van der Waals surface area contributed by atoms with Crippen LogP contribution in [0.1, 0.15) is 16.7 Å². The third-order valence-electron chi connectivity index (χ3n) is 5.17. The lowest BCUT2D eigenvalue weighted by Gasteiger charge is -2.28. The average Bonchev–Trinajstić information content (AvgIpc) is 2.78. The summed E-state index contributed by atoms with van der Waals surface area (Å²) in [7, 11) is 0. The third-order valence-corrected chi connectivity index (χ3v) is 5.17. The summed E-state index contributed by atoms with van der Waals surface area (Å²) in [6.07, 6.45) is 2.05. The van der Waals surface area contributed by atoms with Gasteiger partial charge in [-0.25, -0.2) is 0 Å². The molecule has 1 saturated heterocycles. The molecular weight excluding hydrogens is 346 g/mol. The molecule has 0 amide bonds. The molecule has 3 aromatic rings. The first-order chi connectivity index (χ1) is 13.9. The topological polar surface area (TPSA) is 37.4 Å². The molecule has 28 heavy (non-hydrogen) atoms. The first kappa shape index (κ1) is 18.5. The number of pyridine rings is 1. The van der Waals surface area contributed by atoms with Gasteiger partial charge in [0.1, 0.15) is 12.4 Å². The Labute approximate surface area is 167 Å². The minimum Gasteiger partial charge on any atom is -0.473 e. The second-order valence-corrected chi connectivity index (χ2v) is 7.11. The number of rotatable bonds is 7. The average molecular weight is 374 g/mol. The van der Waals surface area contributed by atoms with Gasteiger partial charge in [-0.15, -0.1) is 0 Å². The zero-order valence-electron chi connectivity index (χ0n) is 16.2. The van der Waals surface area contributed by atoms with Crippen LogP contribution in [0.25, 0.3) is 0 Å². The van der Waals surface area contributed by atoms with E-state index in [9.17, 15) is 0 Å². The van der Waals surface area contributed by atoms with E-state index in [-0.39, 0.29) is 0 Å². The predicted molar refractivity (Wildman–Crippen MR) is 114 cm³/mol. The molecule has 2 aromatic carbocycles. The quantitative estimate of drug-likeness (QED) is 0.682. The number of hydrogen-bond acceptors (Lipinski definition) is 4. The number of piperazine rings is 1. The van der Waals surface area contributed by atoms with E-state index in [0.717, 1.165) is 44.8 Å². The van der Waals surface area contributed by atoms with Gasteiger partial charge in [-0.3, -0.25) is 0 Å². The van der Waals surface area contributed by atoms with E-state index in [0.29, 0.717) is 12.5 Å². The van der Waals surface area contributed by atoms with Crippen molar-refractivity contribution < 1.29 is 4.74 Å². The van der Waals surface area contributed by atoms with Gasteiger partial charge in [-0.1, -0.05) is 60.7 Å². The molecule has 1 aliphatic heterocycles. The number of aryl methyl sites for hydroxylation is 2. The van der Waals surface area contributed by atoms with Crippen LogP contribution in [0.15, 0.2) is 72.8 Å². The van der Waals surface area contributed by atoms with Gasteiger partial charge in [0.05, 0.1) is 0 Å². The van der Waals surface area contributed by atoms with Gasteiger partial charge in [0, 0.05) is 32.2 Å². The summed E-state index contributed by atoms with van der Waals surface area (Å²) in [4.78, 5) is 7.01. The van der Waals surface area contributed by atoms with Crippen molar-refractivity contribution in [2.45, 2.75) is 19.4 Å². The van der Waals surface area contributed by atoms with E-state index >= 15 is 0 Å². The number of ether oxygens (including phenoxy) is 1. The maximum absolute atomic E-state index is 6.06. The van der Waals surface area contributed by atoms with E-state index in [1.54, 1.807) is 0 Å². The van der Waals surface area contributed by atoms with Crippen molar-refractivity contribution in [3.63, 3.8) is 0 Å². The Morgan fingerprint density at radius 1 is 0.786 bits per heavy atom. The summed E-state index contributed by atoms with van der Waals surface area (Å²) in [6, 6.07) is 25.2. The normalized spacial score (nSPS) is 14.1. The van der Waals surface area contributed by atoms with Gasteiger partial charge in [0.2, 0.25) is 5.88 Å². The smallest absolute Gasteiger partial charge is 0.215 e. The molecule has 0 unspecified atom stereocenters. The van der Waals surface area contributed by atoms with Crippen LogP contribution in [0.3, 0.4) is 0 Å². The Hall–Kier alpha value is -2.85. The van der Waals surface area contributed by atoms with Crippen molar-refractivity contribution in [1.29, 1.82) is 0 Å². The Balaban J connectivity index is 1.39. The Kier molecular flexibility index (Phi) is 6.20. The SMILES string of the molecule is c1ccc(CCc2ccccc2COc2cccc(N3CCNCC3)n2)cc1. The van der Waals surface area contributed by atoms with E-state index in [2.05, 4.69) is 70.9 Å². The molecule has 144 valence electrons. The van der Waals surface area contributed by atoms with Crippen LogP contribution in [-0.2, 0) is 19.4 Å². The van der Waals surface area contributed by atoms with Gasteiger partial charge in [-0.2, -0.15) is 4.98 Å². The monoisotopic (exact) mass is 373 g/mol. The van der Waals surface area contributed by atoms with Crippen LogP contribution in [0.5, 0.6) is 5.88 Å². The summed E-state index contributed by atoms with van der Waals surface area (Å²) in [5.74, 6) is 1.69. The molecule has 0 aliphatic carbocycles. The van der Waals surface area contributed by atoms with Crippen LogP contribution in [0.2, 0.25) is 0 Å². The number of benzene rings is 2. The van der Waals surface area contributed by atoms with Crippen molar-refractivity contribution in [2.24, 2.45) is 0 Å². The molecule has 0 spiro atoms. The number of nitrogens with zero attached hydrogens (tertiary/aromatic N) is 2. The molecule has 4 rings (SSSR count). The molecule has 4 heteroatoms. The standard InChI is InChI=1S/C24H27N3O/c1-2-7-20(8-3-1)13-14-21-9-4-5-10-22(21)19-28-24-12-6-11-23(26-24)27-17-15-25-16-18-27/h1-12,25H,13-19H2. The van der Waals surface area contributed by atoms with Crippen molar-refractivity contribution in [3.05, 3.63) is 89.5 Å². The number of anilines is 1. The third kappa shape index (κ3) is 4.90. The first-order valence-corrected chi connectivity index (χ1v) is 10.0. The zero-order chi connectivity index (χ0) is 19.0. The van der Waals surface area contributed by atoms with Crippen LogP contribution in [-0.4, -0.2) is 31.2 Å². The van der Waals surface area contributed by atoms with E-state index in [1.165, 1.54) is 16.7 Å². The molecule has 1 aliphatic rings. The van der Waals surface area contributed by atoms with Crippen molar-refractivity contribution in [2.75, 3.05) is 31.1 Å². The summed E-state index contributed by atoms with van der Waals surface area (Å²) < 4.78 is 6.06. The summed E-state index contributed by atoms with van der Waals surface area (Å²) in [5.41, 5.74) is 3.93. The maximum atomic E-state index is 6.06. The largest absolute Gasteiger partial charge is 0.473 e. The molecule has 4 nitrogen and oxygen atoms in total. The molecule has 0 radical (unpaired) electrons. The van der Waals surface area contributed by atoms with Gasteiger partial charge < -0.3 is 15.0 Å². The van der Waals surface area contributed by atoms with Crippen LogP contribution < -0.4 is 15.0 Å². The molecule has 0 atom stereocenters. The molecule has 1 fully saturated rings. The van der Waals surface area contributed by atoms with Gasteiger partial charge in [0.15, 0.2) is 0 Å². The minimum absolute atomic E-state index is 0.545. The fourth-order valence-corrected chi connectivity index (χ4v) is 3.57. The molecule has 1 N–H and O–H groups in total. The fourth-order valence-electron chi connectivity index (χ4n) is 3.57. The maximum Gasteiger partial charge on any atom is 0.215 e. The Bertz CT molecular complexity index is 876. The zero-order valence-corrected chi connectivity index (χ0v) is 16.2. The van der Waals surface area contributed by atoms with E-state index in [1.807, 2.05) is 12.1 Å². The molecule has 1 aromatic heterocycles. The number of hydrogen-bond donors (Lipinski definition) is 1. The number of aromatic nitrogens is 1. The highest BCUT2D eigenvalue weighted by Gasteiger charge is 2.12. The predicted octanol–water partition coefficient (Wildman–Crippen LogP) is 3.86. The highest BCUT2D eigenvalue weighted by molar-refractivity contribution is 5.41. The molecule has 2 heterocycles. The van der Waals surface area contributed by atoms with E-state index in [4.69, 9.17) is 9.72 Å². The lowest BCUT2D eigenvalue weighted by atomic mass is 10.0. The van der Waals surface area contributed by atoms with Crippen molar-refractivity contribution in [3.8, 4) is 5.88 Å². The first-order valence-electron chi connectivity index (χ1n) is 10.0. The Morgan fingerprint density at radius 3 is 2.36 bits per heavy atom. The van der Waals surface area contributed by atoms with Crippen molar-refractivity contribution >= 4 is 5.82 Å². The van der Waals surface area contributed by atoms with Gasteiger partial charge in [-0.05, 0) is 35.6 Å². The summed E-state index contributed by atoms with van der Waals surface area (Å²) in [6.45, 7) is 4.52. The van der Waals surface area contributed by atoms with Crippen LogP contribution in [0, 0.1) is 0 Å². The van der Waals surface area contributed by atoms with Gasteiger partial charge >= 0.3 is 0 Å². The molecular formula is C24H27N3O. The fraction of sp³-hybridized carbons (Fsp3) is 0.292. The van der Waals surface area contributed by atoms with Crippen LogP contribution >= 0.6 is 0 Å². The second-order valence-electron chi connectivity index (χ2n) is 7.11. The minimum atomic E-state index is 0.545. The summed E-state index contributed by atoms with van der Waals surface area (Å²) >= 11 is 0. The molecule has 0 bridgehead atoms. The highest BCUT2D eigenvalue weighted by Crippen LogP contribution is 2.19. The lowest BCUT2D eigenvalue weighted by molar-refractivity contribution is 0.292. The highest BCUT2D eigenvalue weighted by atomic mass is 16.5. The second kappa shape index (κ2) is 9.38. The van der Waals surface area contributed by atoms with Crippen molar-refractivity contribution in [1.82, 2.24) is 10.3 Å². The number of nitrogens with one attached hydrogen (secondary N) is 1.